The van der Waals surface area contributed by atoms with Crippen molar-refractivity contribution in [2.24, 2.45) is 0 Å². The number of hydrogen-bond acceptors (Lipinski definition) is 3. The van der Waals surface area contributed by atoms with Crippen LogP contribution >= 0.6 is 0 Å². The third-order valence-electron chi connectivity index (χ3n) is 3.63. The molecule has 3 heteroatoms. The maximum absolute atomic E-state index is 12.2. The molecule has 0 N–H and O–H groups in total. The van der Waals surface area contributed by atoms with Crippen LogP contribution in [0.1, 0.15) is 52.9 Å². The highest BCUT2D eigenvalue weighted by atomic mass is 16.6. The lowest BCUT2D eigenvalue weighted by molar-refractivity contribution is -0.160. The Balaban J connectivity index is 2.00. The number of esters is 1. The zero-order chi connectivity index (χ0) is 13.2. The van der Waals surface area contributed by atoms with Crippen LogP contribution in [-0.4, -0.2) is 35.1 Å². The van der Waals surface area contributed by atoms with Gasteiger partial charge in [0.05, 0.1) is 0 Å². The van der Waals surface area contributed by atoms with E-state index >= 15 is 0 Å². The fraction of sp³-hybridized carbons (Fsp3) is 0.800. The molecule has 0 spiro atoms. The molecule has 0 saturated carbocycles. The summed E-state index contributed by atoms with van der Waals surface area (Å²) in [5.74, 6) is -0.0426. The average Bonchev–Trinajstić information content (AvgIpc) is 2.76. The third-order valence-corrected chi connectivity index (χ3v) is 3.63. The molecule has 1 fully saturated rings. The van der Waals surface area contributed by atoms with Crippen molar-refractivity contribution in [2.45, 2.75) is 70.6 Å². The lowest BCUT2D eigenvalue weighted by Crippen LogP contribution is -2.45. The Kier molecular flexibility index (Phi) is 4.10. The van der Waals surface area contributed by atoms with Gasteiger partial charge in [-0.15, -0.1) is 0 Å². The number of ether oxygens (including phenoxy) is 1. The molecule has 2 rings (SSSR count). The highest BCUT2D eigenvalue weighted by molar-refractivity contribution is 5.76. The van der Waals surface area contributed by atoms with Crippen LogP contribution in [0.15, 0.2) is 12.2 Å². The van der Waals surface area contributed by atoms with Crippen LogP contribution in [0.3, 0.4) is 0 Å². The molecule has 2 atom stereocenters. The lowest BCUT2D eigenvalue weighted by Gasteiger charge is -2.33. The zero-order valence-corrected chi connectivity index (χ0v) is 11.8. The Morgan fingerprint density at radius 2 is 2.06 bits per heavy atom. The van der Waals surface area contributed by atoms with Gasteiger partial charge in [-0.3, -0.25) is 9.69 Å². The van der Waals surface area contributed by atoms with Gasteiger partial charge in [-0.2, -0.15) is 0 Å². The van der Waals surface area contributed by atoms with Crippen molar-refractivity contribution in [3.8, 4) is 0 Å². The second kappa shape index (κ2) is 5.43. The number of carbonyl (C=O) groups excluding carboxylic acids is 1. The first-order chi connectivity index (χ1) is 8.47. The molecule has 0 amide bonds. The van der Waals surface area contributed by atoms with Crippen LogP contribution in [0, 0.1) is 0 Å². The van der Waals surface area contributed by atoms with Crippen molar-refractivity contribution >= 4 is 5.97 Å². The van der Waals surface area contributed by atoms with Gasteiger partial charge in [-0.1, -0.05) is 12.2 Å². The van der Waals surface area contributed by atoms with Crippen LogP contribution in [0.4, 0.5) is 0 Å². The van der Waals surface area contributed by atoms with Crippen LogP contribution < -0.4 is 0 Å². The van der Waals surface area contributed by atoms with Crippen molar-refractivity contribution in [1.29, 1.82) is 0 Å². The summed E-state index contributed by atoms with van der Waals surface area (Å²) in [6.45, 7) is 6.83. The number of nitrogens with zero attached hydrogens (tertiary/aromatic N) is 1. The van der Waals surface area contributed by atoms with Gasteiger partial charge in [-0.25, -0.2) is 0 Å². The van der Waals surface area contributed by atoms with Gasteiger partial charge in [0.1, 0.15) is 11.6 Å². The molecular formula is C15H25NO2. The van der Waals surface area contributed by atoms with Crippen molar-refractivity contribution < 1.29 is 9.53 Å². The molecule has 2 aliphatic rings. The smallest absolute Gasteiger partial charge is 0.323 e. The van der Waals surface area contributed by atoms with E-state index in [4.69, 9.17) is 4.74 Å². The summed E-state index contributed by atoms with van der Waals surface area (Å²) < 4.78 is 5.54. The summed E-state index contributed by atoms with van der Waals surface area (Å²) >= 11 is 0. The van der Waals surface area contributed by atoms with Crippen LogP contribution in [0.2, 0.25) is 0 Å². The van der Waals surface area contributed by atoms with Gasteiger partial charge in [-0.05, 0) is 59.4 Å². The molecule has 0 aromatic heterocycles. The van der Waals surface area contributed by atoms with Crippen molar-refractivity contribution in [1.82, 2.24) is 4.90 Å². The standard InChI is InChI=1S/C15H25NO2/c1-15(2,3)18-14(17)13-10-7-11-16(13)12-8-5-4-6-9-12/h5,8,12-13H,4,6-7,9-11H2,1-3H3/t12?,13-/m0/s1. The molecule has 18 heavy (non-hydrogen) atoms. The number of allylic oxidation sites excluding steroid dienone is 1. The number of carbonyl (C=O) groups is 1. The Morgan fingerprint density at radius 1 is 1.28 bits per heavy atom. The molecule has 1 unspecified atom stereocenters. The first-order valence-corrected chi connectivity index (χ1v) is 7.13. The van der Waals surface area contributed by atoms with E-state index in [1.165, 1.54) is 19.3 Å². The second-order valence-electron chi connectivity index (χ2n) is 6.36. The molecule has 3 nitrogen and oxygen atoms in total. The van der Waals surface area contributed by atoms with E-state index in [-0.39, 0.29) is 17.6 Å². The molecular weight excluding hydrogens is 226 g/mol. The van der Waals surface area contributed by atoms with E-state index in [1.807, 2.05) is 20.8 Å². The minimum Gasteiger partial charge on any atom is -0.459 e. The fourth-order valence-corrected chi connectivity index (χ4v) is 2.88. The van der Waals surface area contributed by atoms with E-state index in [9.17, 15) is 4.79 Å². The molecule has 0 bridgehead atoms. The Hall–Kier alpha value is -0.830. The predicted molar refractivity (Wildman–Crippen MR) is 72.4 cm³/mol. The SMILES string of the molecule is CC(C)(C)OC(=O)[C@@H]1CCCN1C1C=CCCC1. The molecule has 1 heterocycles. The average molecular weight is 251 g/mol. The van der Waals surface area contributed by atoms with Crippen molar-refractivity contribution in [3.63, 3.8) is 0 Å². The predicted octanol–water partition coefficient (Wildman–Crippen LogP) is 2.90. The molecule has 0 aromatic rings. The number of hydrogen-bond donors (Lipinski definition) is 0. The summed E-state index contributed by atoms with van der Waals surface area (Å²) in [7, 11) is 0. The molecule has 102 valence electrons. The third kappa shape index (κ3) is 3.35. The summed E-state index contributed by atoms with van der Waals surface area (Å²) in [5.41, 5.74) is -0.381. The Bertz CT molecular complexity index is 330. The van der Waals surface area contributed by atoms with Gasteiger partial charge >= 0.3 is 5.97 Å². The van der Waals surface area contributed by atoms with E-state index in [0.29, 0.717) is 6.04 Å². The largest absolute Gasteiger partial charge is 0.459 e. The van der Waals surface area contributed by atoms with E-state index in [0.717, 1.165) is 19.4 Å². The fourth-order valence-electron chi connectivity index (χ4n) is 2.88. The quantitative estimate of drug-likeness (QED) is 0.558. The van der Waals surface area contributed by atoms with Gasteiger partial charge in [0.15, 0.2) is 0 Å². The molecule has 1 aliphatic heterocycles. The highest BCUT2D eigenvalue weighted by Crippen LogP contribution is 2.27. The summed E-state index contributed by atoms with van der Waals surface area (Å²) in [6, 6.07) is 0.413. The number of rotatable bonds is 2. The van der Waals surface area contributed by atoms with Crippen molar-refractivity contribution in [2.75, 3.05) is 6.54 Å². The Morgan fingerprint density at radius 3 is 2.67 bits per heavy atom. The normalized spacial score (nSPS) is 29.5. The van der Waals surface area contributed by atoms with Crippen LogP contribution in [0.5, 0.6) is 0 Å². The summed E-state index contributed by atoms with van der Waals surface area (Å²) in [5, 5.41) is 0. The highest BCUT2D eigenvalue weighted by Gasteiger charge is 2.37. The van der Waals surface area contributed by atoms with Crippen LogP contribution in [0.25, 0.3) is 0 Å². The minimum atomic E-state index is -0.381. The van der Waals surface area contributed by atoms with Gasteiger partial charge in [0, 0.05) is 6.04 Å². The monoisotopic (exact) mass is 251 g/mol. The topological polar surface area (TPSA) is 29.5 Å². The first kappa shape index (κ1) is 13.6. The molecule has 1 saturated heterocycles. The van der Waals surface area contributed by atoms with Gasteiger partial charge in [0.25, 0.3) is 0 Å². The summed E-state index contributed by atoms with van der Waals surface area (Å²) in [4.78, 5) is 14.6. The maximum Gasteiger partial charge on any atom is 0.323 e. The summed E-state index contributed by atoms with van der Waals surface area (Å²) in [6.07, 6.45) is 10.2. The number of likely N-dealkylation sites (tertiary alicyclic amines) is 1. The van der Waals surface area contributed by atoms with Gasteiger partial charge in [0.2, 0.25) is 0 Å². The molecule has 0 radical (unpaired) electrons. The Labute approximate surface area is 110 Å². The van der Waals surface area contributed by atoms with Crippen LogP contribution in [-0.2, 0) is 9.53 Å². The van der Waals surface area contributed by atoms with E-state index in [2.05, 4.69) is 17.1 Å². The maximum atomic E-state index is 12.2. The first-order valence-electron chi connectivity index (χ1n) is 7.13. The van der Waals surface area contributed by atoms with E-state index in [1.54, 1.807) is 0 Å². The van der Waals surface area contributed by atoms with Gasteiger partial charge < -0.3 is 4.74 Å². The van der Waals surface area contributed by atoms with E-state index < -0.39 is 0 Å². The van der Waals surface area contributed by atoms with Crippen molar-refractivity contribution in [3.05, 3.63) is 12.2 Å². The second-order valence-corrected chi connectivity index (χ2v) is 6.36. The molecule has 0 aromatic carbocycles. The molecule has 1 aliphatic carbocycles. The zero-order valence-electron chi connectivity index (χ0n) is 11.8. The lowest BCUT2D eigenvalue weighted by atomic mass is 10.0. The minimum absolute atomic E-state index is 0.0306.